The number of aliphatic hydroxyl groups is 1. The van der Waals surface area contributed by atoms with Crippen LogP contribution in [0.2, 0.25) is 0 Å². The third kappa shape index (κ3) is 9.09. The van der Waals surface area contributed by atoms with E-state index in [9.17, 15) is 9.90 Å². The minimum absolute atomic E-state index is 0.00944. The Labute approximate surface area is 287 Å². The van der Waals surface area contributed by atoms with E-state index in [1.54, 1.807) is 7.11 Å². The third-order valence-corrected chi connectivity index (χ3v) is 12.2. The predicted octanol–water partition coefficient (Wildman–Crippen LogP) is 4.96. The quantitative estimate of drug-likeness (QED) is 0.200. The fourth-order valence-corrected chi connectivity index (χ4v) is 9.06. The highest BCUT2D eigenvalue weighted by atomic mass is 16.6. The Morgan fingerprint density at radius 3 is 2.48 bits per heavy atom. The Kier molecular flexibility index (Phi) is 13.1. The summed E-state index contributed by atoms with van der Waals surface area (Å²) in [4.78, 5) is 13.2. The molecule has 3 unspecified atom stereocenters. The number of carbonyl (C=O) groups is 1. The Hall–Kier alpha value is -0.950. The van der Waals surface area contributed by atoms with E-state index in [0.717, 1.165) is 51.4 Å². The van der Waals surface area contributed by atoms with Gasteiger partial charge in [0.15, 0.2) is 0 Å². The van der Waals surface area contributed by atoms with E-state index in [2.05, 4.69) is 20.4 Å². The second-order valence-electron chi connectivity index (χ2n) is 15.7. The molecule has 6 fully saturated rings. The van der Waals surface area contributed by atoms with E-state index in [-0.39, 0.29) is 72.7 Å². The number of carbonyl (C=O) groups excluding carboxylic acids is 1. The van der Waals surface area contributed by atoms with Crippen molar-refractivity contribution in [1.82, 2.24) is 0 Å². The van der Waals surface area contributed by atoms with Gasteiger partial charge in [-0.3, -0.25) is 4.79 Å². The highest BCUT2D eigenvalue weighted by Gasteiger charge is 2.49. The van der Waals surface area contributed by atoms with Crippen LogP contribution in [0.3, 0.4) is 0 Å². The van der Waals surface area contributed by atoms with E-state index in [4.69, 9.17) is 37.9 Å². The fourth-order valence-electron chi connectivity index (χ4n) is 9.06. The molecule has 10 heteroatoms. The summed E-state index contributed by atoms with van der Waals surface area (Å²) >= 11 is 0. The molecule has 274 valence electrons. The van der Waals surface area contributed by atoms with Crippen molar-refractivity contribution in [3.8, 4) is 0 Å². The van der Waals surface area contributed by atoms with Gasteiger partial charge in [-0.05, 0) is 82.1 Å². The SMILES string of the molecule is C=C1CO[C@@H](CC[C@@H]2O[C@@H](CCCO[C@@H]3CC([C@H]4OCC[C@H]4O)O[C@H]4CCC(CC(=O)C[C@H]5[C@H](C)OC[C@@H]5OC)O[C@@H]43)CC2C)C[C@H]1C. The molecule has 0 spiro atoms. The molecule has 0 aromatic heterocycles. The van der Waals surface area contributed by atoms with Gasteiger partial charge >= 0.3 is 0 Å². The molecular formula is C38H62O10. The standard InChI is InChI=1S/C38H62O10/c1-22-15-27(45-20-24(22)3)8-10-32-23(2)16-28(46-32)7-6-13-42-34-19-35(37-31(40)12-14-43-37)48-33-11-9-29(47-38(33)34)17-26(39)18-30-25(4)44-21-36(30)41-5/h22-23,25,27-38,40H,3,6-21H2,1-2,4-5H3/t22-,23?,25+,27+,28+,29?,30+,31-,32+,33+,34-,35?,36+,37+,38+/m1/s1. The number of rotatable bonds is 14. The highest BCUT2D eigenvalue weighted by Crippen LogP contribution is 2.39. The zero-order valence-corrected chi connectivity index (χ0v) is 29.8. The molecule has 6 rings (SSSR count). The normalized spacial score (nSPS) is 45.0. The number of ketones is 1. The molecule has 1 N–H and O–H groups in total. The average Bonchev–Trinajstić information content (AvgIpc) is 3.77. The van der Waals surface area contributed by atoms with Crippen molar-refractivity contribution >= 4 is 5.78 Å². The maximum absolute atomic E-state index is 13.2. The van der Waals surface area contributed by atoms with Crippen molar-refractivity contribution in [3.63, 3.8) is 0 Å². The molecule has 0 aliphatic carbocycles. The predicted molar refractivity (Wildman–Crippen MR) is 179 cm³/mol. The van der Waals surface area contributed by atoms with Gasteiger partial charge in [0.05, 0.1) is 74.3 Å². The summed E-state index contributed by atoms with van der Waals surface area (Å²) in [6.45, 7) is 13.1. The van der Waals surface area contributed by atoms with Crippen molar-refractivity contribution in [2.24, 2.45) is 17.8 Å². The maximum atomic E-state index is 13.2. The van der Waals surface area contributed by atoms with Crippen LogP contribution >= 0.6 is 0 Å². The Morgan fingerprint density at radius 1 is 0.854 bits per heavy atom. The molecule has 6 aliphatic rings. The molecular weight excluding hydrogens is 616 g/mol. The number of methoxy groups -OCH3 is 1. The summed E-state index contributed by atoms with van der Waals surface area (Å²) in [5.41, 5.74) is 1.21. The van der Waals surface area contributed by atoms with Gasteiger partial charge in [-0.15, -0.1) is 0 Å². The van der Waals surface area contributed by atoms with E-state index in [0.29, 0.717) is 70.1 Å². The van der Waals surface area contributed by atoms with Crippen molar-refractivity contribution in [2.75, 3.05) is 33.5 Å². The van der Waals surface area contributed by atoms with Crippen LogP contribution in [0.1, 0.15) is 97.8 Å². The van der Waals surface area contributed by atoms with Crippen LogP contribution in [-0.2, 0) is 42.7 Å². The zero-order chi connectivity index (χ0) is 33.8. The Morgan fingerprint density at radius 2 is 1.71 bits per heavy atom. The zero-order valence-electron chi connectivity index (χ0n) is 29.8. The van der Waals surface area contributed by atoms with Crippen LogP contribution in [0.25, 0.3) is 0 Å². The van der Waals surface area contributed by atoms with Crippen LogP contribution < -0.4 is 0 Å². The highest BCUT2D eigenvalue weighted by molar-refractivity contribution is 5.79. The molecule has 6 saturated heterocycles. The van der Waals surface area contributed by atoms with Crippen molar-refractivity contribution < 1.29 is 47.8 Å². The lowest BCUT2D eigenvalue weighted by atomic mass is 9.86. The molecule has 0 amide bonds. The minimum atomic E-state index is -0.526. The summed E-state index contributed by atoms with van der Waals surface area (Å²) in [5.74, 6) is 1.34. The topological polar surface area (TPSA) is 111 Å². The number of fused-ring (bicyclic) bond motifs is 1. The summed E-state index contributed by atoms with van der Waals surface area (Å²) in [7, 11) is 1.69. The number of Topliss-reactive ketones (excluding diaryl/α,β-unsaturated/α-hetero) is 1. The molecule has 0 aromatic rings. The lowest BCUT2D eigenvalue weighted by Gasteiger charge is -2.47. The van der Waals surface area contributed by atoms with Gasteiger partial charge in [-0.1, -0.05) is 20.4 Å². The van der Waals surface area contributed by atoms with Crippen molar-refractivity contribution in [2.45, 2.75) is 171 Å². The molecule has 0 bridgehead atoms. The molecule has 10 nitrogen and oxygen atoms in total. The van der Waals surface area contributed by atoms with Crippen molar-refractivity contribution in [3.05, 3.63) is 12.2 Å². The first-order chi connectivity index (χ1) is 23.2. The summed E-state index contributed by atoms with van der Waals surface area (Å²) in [6, 6.07) is 0. The fraction of sp³-hybridized carbons (Fsp3) is 0.921. The lowest BCUT2D eigenvalue weighted by Crippen LogP contribution is -2.57. The molecule has 15 atom stereocenters. The van der Waals surface area contributed by atoms with E-state index >= 15 is 0 Å². The van der Waals surface area contributed by atoms with Gasteiger partial charge in [0.2, 0.25) is 0 Å². The molecule has 0 radical (unpaired) electrons. The maximum Gasteiger partial charge on any atom is 0.135 e. The van der Waals surface area contributed by atoms with Crippen LogP contribution in [0.15, 0.2) is 12.2 Å². The smallest absolute Gasteiger partial charge is 0.135 e. The van der Waals surface area contributed by atoms with Crippen LogP contribution in [0.5, 0.6) is 0 Å². The van der Waals surface area contributed by atoms with E-state index < -0.39 is 6.10 Å². The number of hydrogen-bond acceptors (Lipinski definition) is 10. The van der Waals surface area contributed by atoms with E-state index in [1.165, 1.54) is 5.57 Å². The van der Waals surface area contributed by atoms with Crippen LogP contribution in [0.4, 0.5) is 0 Å². The van der Waals surface area contributed by atoms with Gasteiger partial charge < -0.3 is 43.0 Å². The van der Waals surface area contributed by atoms with Gasteiger partial charge in [-0.25, -0.2) is 0 Å². The largest absolute Gasteiger partial charge is 0.390 e. The molecule has 0 saturated carbocycles. The monoisotopic (exact) mass is 678 g/mol. The molecule has 48 heavy (non-hydrogen) atoms. The van der Waals surface area contributed by atoms with Gasteiger partial charge in [0.1, 0.15) is 18.0 Å². The minimum Gasteiger partial charge on any atom is -0.390 e. The number of ether oxygens (including phenoxy) is 8. The average molecular weight is 679 g/mol. The number of hydrogen-bond donors (Lipinski definition) is 1. The molecule has 6 heterocycles. The van der Waals surface area contributed by atoms with Crippen molar-refractivity contribution in [1.29, 1.82) is 0 Å². The van der Waals surface area contributed by atoms with Gasteiger partial charge in [0, 0.05) is 45.5 Å². The summed E-state index contributed by atoms with van der Waals surface area (Å²) in [5, 5.41) is 10.6. The molecule has 6 aliphatic heterocycles. The second kappa shape index (κ2) is 17.0. The molecule has 0 aromatic carbocycles. The first kappa shape index (κ1) is 36.8. The van der Waals surface area contributed by atoms with Crippen LogP contribution in [-0.4, -0.2) is 118 Å². The first-order valence-electron chi connectivity index (χ1n) is 19.0. The van der Waals surface area contributed by atoms with E-state index in [1.807, 2.05) is 6.92 Å². The number of aliphatic hydroxyl groups excluding tert-OH is 1. The first-order valence-corrected chi connectivity index (χ1v) is 19.0. The third-order valence-electron chi connectivity index (χ3n) is 12.2. The Balaban J connectivity index is 0.978. The Bertz CT molecular complexity index is 1050. The van der Waals surface area contributed by atoms with Crippen LogP contribution in [0, 0.1) is 17.8 Å². The van der Waals surface area contributed by atoms with Gasteiger partial charge in [-0.2, -0.15) is 0 Å². The summed E-state index contributed by atoms with van der Waals surface area (Å²) in [6.07, 6.45) is 8.67. The lowest BCUT2D eigenvalue weighted by molar-refractivity contribution is -0.254. The summed E-state index contributed by atoms with van der Waals surface area (Å²) < 4.78 is 49.6. The second-order valence-corrected chi connectivity index (χ2v) is 15.7. The van der Waals surface area contributed by atoms with Gasteiger partial charge in [0.25, 0.3) is 0 Å².